The zero-order chi connectivity index (χ0) is 12.1. The minimum atomic E-state index is -0.661. The van der Waals surface area contributed by atoms with Crippen molar-refractivity contribution in [1.82, 2.24) is 0 Å². The quantitative estimate of drug-likeness (QED) is 0.348. The van der Waals surface area contributed by atoms with Gasteiger partial charge in [0.15, 0.2) is 5.75 Å². The minimum Gasteiger partial charge on any atom is -0.502 e. The zero-order valence-corrected chi connectivity index (χ0v) is 8.88. The number of phenolic OH excluding ortho intramolecular Hbond substituents is 1. The topological polar surface area (TPSA) is 102 Å². The van der Waals surface area contributed by atoms with E-state index in [1.165, 1.54) is 18.2 Å². The highest BCUT2D eigenvalue weighted by atomic mass is 16.6. The van der Waals surface area contributed by atoms with Crippen molar-refractivity contribution >= 4 is 11.5 Å². The number of benzene rings is 1. The Morgan fingerprint density at radius 3 is 2.88 bits per heavy atom. The maximum absolute atomic E-state index is 10.6. The van der Waals surface area contributed by atoms with Crippen LogP contribution in [0, 0.1) is 10.1 Å². The number of nitrogens with zero attached hydrogens (tertiary/aromatic N) is 2. The molecule has 0 fully saturated rings. The summed E-state index contributed by atoms with van der Waals surface area (Å²) in [6.45, 7) is 2.52. The van der Waals surface area contributed by atoms with E-state index < -0.39 is 4.92 Å². The molecule has 0 radical (unpaired) electrons. The third-order valence-corrected chi connectivity index (χ3v) is 1.97. The van der Waals surface area contributed by atoms with E-state index in [0.29, 0.717) is 12.1 Å². The van der Waals surface area contributed by atoms with Crippen molar-refractivity contribution in [3.8, 4) is 5.75 Å². The molecule has 0 bridgehead atoms. The summed E-state index contributed by atoms with van der Waals surface area (Å²) in [6.07, 6.45) is 0.848. The standard InChI is InChI=1S/C10H13N3O3/c1-2-5-12-10(11)7-3-4-9(14)8(6-7)13(15)16/h3-4,6,14H,2,5H2,1H3,(H2,11,12). The predicted octanol–water partition coefficient (Wildman–Crippen LogP) is 1.42. The lowest BCUT2D eigenvalue weighted by molar-refractivity contribution is -0.385. The van der Waals surface area contributed by atoms with Gasteiger partial charge in [0, 0.05) is 18.2 Å². The van der Waals surface area contributed by atoms with Crippen LogP contribution in [0.1, 0.15) is 18.9 Å². The van der Waals surface area contributed by atoms with E-state index in [1.807, 2.05) is 6.92 Å². The van der Waals surface area contributed by atoms with Gasteiger partial charge in [-0.1, -0.05) is 6.92 Å². The normalized spacial score (nSPS) is 11.4. The van der Waals surface area contributed by atoms with Crippen LogP contribution in [0.4, 0.5) is 5.69 Å². The Morgan fingerprint density at radius 2 is 2.31 bits per heavy atom. The number of nitro groups is 1. The summed E-state index contributed by atoms with van der Waals surface area (Å²) in [6, 6.07) is 3.95. The highest BCUT2D eigenvalue weighted by Crippen LogP contribution is 2.26. The van der Waals surface area contributed by atoms with Crippen molar-refractivity contribution < 1.29 is 10.0 Å². The van der Waals surface area contributed by atoms with Gasteiger partial charge in [-0.15, -0.1) is 0 Å². The van der Waals surface area contributed by atoms with E-state index in [2.05, 4.69) is 4.99 Å². The van der Waals surface area contributed by atoms with Crippen molar-refractivity contribution in [3.05, 3.63) is 33.9 Å². The van der Waals surface area contributed by atoms with E-state index in [0.717, 1.165) is 6.42 Å². The fraction of sp³-hybridized carbons (Fsp3) is 0.300. The third-order valence-electron chi connectivity index (χ3n) is 1.97. The molecule has 0 saturated heterocycles. The molecule has 0 spiro atoms. The van der Waals surface area contributed by atoms with Gasteiger partial charge in [-0.3, -0.25) is 15.1 Å². The zero-order valence-electron chi connectivity index (χ0n) is 8.88. The van der Waals surface area contributed by atoms with Crippen molar-refractivity contribution in [3.63, 3.8) is 0 Å². The number of aliphatic imine (C=N–C) groups is 1. The number of hydrogen-bond donors (Lipinski definition) is 2. The van der Waals surface area contributed by atoms with E-state index in [-0.39, 0.29) is 17.3 Å². The van der Waals surface area contributed by atoms with E-state index in [4.69, 9.17) is 5.73 Å². The minimum absolute atomic E-state index is 0.241. The SMILES string of the molecule is CCCN=C(N)c1ccc(O)c([N+](=O)[O-])c1. The monoisotopic (exact) mass is 223 g/mol. The molecule has 0 aromatic heterocycles. The number of hydrogen-bond acceptors (Lipinski definition) is 4. The first-order valence-electron chi connectivity index (χ1n) is 4.84. The summed E-state index contributed by atoms with van der Waals surface area (Å²) in [4.78, 5) is 13.9. The van der Waals surface area contributed by atoms with Crippen molar-refractivity contribution in [2.24, 2.45) is 10.7 Å². The van der Waals surface area contributed by atoms with Crippen LogP contribution in [0.15, 0.2) is 23.2 Å². The summed E-state index contributed by atoms with van der Waals surface area (Å²) in [7, 11) is 0. The summed E-state index contributed by atoms with van der Waals surface area (Å²) in [5.41, 5.74) is 5.72. The van der Waals surface area contributed by atoms with E-state index in [1.54, 1.807) is 0 Å². The summed E-state index contributed by atoms with van der Waals surface area (Å²) < 4.78 is 0. The van der Waals surface area contributed by atoms with Crippen LogP contribution in [-0.4, -0.2) is 22.4 Å². The molecule has 0 unspecified atom stereocenters. The Hall–Kier alpha value is -2.11. The first-order valence-corrected chi connectivity index (χ1v) is 4.84. The van der Waals surface area contributed by atoms with Crippen LogP contribution in [0.5, 0.6) is 5.75 Å². The molecule has 1 aromatic carbocycles. The lowest BCUT2D eigenvalue weighted by Gasteiger charge is -2.02. The smallest absolute Gasteiger partial charge is 0.311 e. The Kier molecular flexibility index (Phi) is 3.82. The van der Waals surface area contributed by atoms with Gasteiger partial charge in [-0.25, -0.2) is 0 Å². The molecule has 6 heteroatoms. The maximum atomic E-state index is 10.6. The van der Waals surface area contributed by atoms with E-state index >= 15 is 0 Å². The Balaban J connectivity index is 3.07. The molecule has 0 aliphatic rings. The third kappa shape index (κ3) is 2.69. The fourth-order valence-electron chi connectivity index (χ4n) is 1.15. The van der Waals surface area contributed by atoms with Gasteiger partial charge >= 0.3 is 5.69 Å². The van der Waals surface area contributed by atoms with Crippen molar-refractivity contribution in [2.75, 3.05) is 6.54 Å². The van der Waals surface area contributed by atoms with Crippen LogP contribution in [0.25, 0.3) is 0 Å². The molecule has 3 N–H and O–H groups in total. The van der Waals surface area contributed by atoms with Crippen LogP contribution in [0.3, 0.4) is 0 Å². The lowest BCUT2D eigenvalue weighted by Crippen LogP contribution is -2.14. The van der Waals surface area contributed by atoms with Gasteiger partial charge in [0.05, 0.1) is 4.92 Å². The number of rotatable bonds is 4. The van der Waals surface area contributed by atoms with Crippen LogP contribution in [-0.2, 0) is 0 Å². The van der Waals surface area contributed by atoms with Crippen LogP contribution in [0.2, 0.25) is 0 Å². The fourth-order valence-corrected chi connectivity index (χ4v) is 1.15. The second-order valence-corrected chi connectivity index (χ2v) is 3.23. The number of amidine groups is 1. The van der Waals surface area contributed by atoms with Crippen molar-refractivity contribution in [2.45, 2.75) is 13.3 Å². The van der Waals surface area contributed by atoms with Gasteiger partial charge in [0.25, 0.3) is 0 Å². The summed E-state index contributed by atoms with van der Waals surface area (Å²) in [5.74, 6) is -0.137. The van der Waals surface area contributed by atoms with E-state index in [9.17, 15) is 15.2 Å². The number of aromatic hydroxyl groups is 1. The number of nitrogens with two attached hydrogens (primary N) is 1. The second-order valence-electron chi connectivity index (χ2n) is 3.23. The van der Waals surface area contributed by atoms with Gasteiger partial charge in [-0.05, 0) is 18.6 Å². The predicted molar refractivity (Wildman–Crippen MR) is 60.6 cm³/mol. The first-order chi connectivity index (χ1) is 7.56. The lowest BCUT2D eigenvalue weighted by atomic mass is 10.1. The molecule has 0 atom stereocenters. The van der Waals surface area contributed by atoms with Crippen LogP contribution < -0.4 is 5.73 Å². The van der Waals surface area contributed by atoms with Gasteiger partial charge in [0.2, 0.25) is 0 Å². The molecule has 1 rings (SSSR count). The highest BCUT2D eigenvalue weighted by Gasteiger charge is 2.14. The van der Waals surface area contributed by atoms with Crippen molar-refractivity contribution in [1.29, 1.82) is 0 Å². The number of phenols is 1. The highest BCUT2D eigenvalue weighted by molar-refractivity contribution is 5.98. The molecule has 6 nitrogen and oxygen atoms in total. The molecule has 0 saturated carbocycles. The van der Waals surface area contributed by atoms with Crippen LogP contribution >= 0.6 is 0 Å². The molecule has 0 aliphatic carbocycles. The largest absolute Gasteiger partial charge is 0.502 e. The van der Waals surface area contributed by atoms with Gasteiger partial charge < -0.3 is 10.8 Å². The molecule has 16 heavy (non-hydrogen) atoms. The molecular formula is C10H13N3O3. The maximum Gasteiger partial charge on any atom is 0.311 e. The summed E-state index contributed by atoms with van der Waals surface area (Å²) >= 11 is 0. The average Bonchev–Trinajstić information content (AvgIpc) is 2.26. The van der Waals surface area contributed by atoms with Gasteiger partial charge in [-0.2, -0.15) is 0 Å². The van der Waals surface area contributed by atoms with Gasteiger partial charge in [0.1, 0.15) is 5.84 Å². The Morgan fingerprint density at radius 1 is 1.62 bits per heavy atom. The molecular weight excluding hydrogens is 210 g/mol. The Bertz CT molecular complexity index is 429. The average molecular weight is 223 g/mol. The Labute approximate surface area is 92.6 Å². The second kappa shape index (κ2) is 5.11. The first kappa shape index (κ1) is 12.0. The molecule has 0 aliphatic heterocycles. The molecule has 1 aromatic rings. The number of nitro benzene ring substituents is 1. The molecule has 0 heterocycles. The summed E-state index contributed by atoms with van der Waals surface area (Å²) in [5, 5.41) is 19.8. The molecule has 0 amide bonds. The molecule has 86 valence electrons.